The number of nitrogens with zero attached hydrogens (tertiary/aromatic N) is 1. The standard InChI is InChI=1S/C16H20N2O2/c1-10-5-6-11(2)15(9-10)17-16(19)8-7-14-12(3)18-20-13(14)4/h5-6,9H,7-8H2,1-4H3,(H,17,19). The summed E-state index contributed by atoms with van der Waals surface area (Å²) >= 11 is 0. The van der Waals surface area contributed by atoms with Gasteiger partial charge in [0.25, 0.3) is 0 Å². The van der Waals surface area contributed by atoms with Gasteiger partial charge in [0.2, 0.25) is 5.91 Å². The monoisotopic (exact) mass is 272 g/mol. The van der Waals surface area contributed by atoms with E-state index in [9.17, 15) is 4.79 Å². The smallest absolute Gasteiger partial charge is 0.224 e. The van der Waals surface area contributed by atoms with Gasteiger partial charge in [-0.05, 0) is 51.3 Å². The topological polar surface area (TPSA) is 55.1 Å². The molecular formula is C16H20N2O2. The molecule has 0 radical (unpaired) electrons. The molecule has 2 aromatic rings. The quantitative estimate of drug-likeness (QED) is 0.927. The summed E-state index contributed by atoms with van der Waals surface area (Å²) < 4.78 is 5.10. The van der Waals surface area contributed by atoms with E-state index < -0.39 is 0 Å². The van der Waals surface area contributed by atoms with Crippen LogP contribution in [0, 0.1) is 27.7 Å². The van der Waals surface area contributed by atoms with E-state index in [1.54, 1.807) is 0 Å². The predicted molar refractivity (Wildman–Crippen MR) is 78.8 cm³/mol. The lowest BCUT2D eigenvalue weighted by molar-refractivity contribution is -0.116. The van der Waals surface area contributed by atoms with Crippen molar-refractivity contribution in [1.82, 2.24) is 5.16 Å². The summed E-state index contributed by atoms with van der Waals surface area (Å²) in [5.74, 6) is 0.806. The SMILES string of the molecule is Cc1ccc(C)c(NC(=O)CCc2c(C)noc2C)c1. The molecule has 0 fully saturated rings. The molecule has 4 heteroatoms. The minimum absolute atomic E-state index is 0.0127. The number of benzene rings is 1. The minimum atomic E-state index is 0.0127. The molecule has 0 atom stereocenters. The molecule has 0 aliphatic carbocycles. The summed E-state index contributed by atoms with van der Waals surface area (Å²) in [6, 6.07) is 6.04. The van der Waals surface area contributed by atoms with Gasteiger partial charge in [0.05, 0.1) is 5.69 Å². The van der Waals surface area contributed by atoms with Gasteiger partial charge >= 0.3 is 0 Å². The average Bonchev–Trinajstić information content (AvgIpc) is 2.71. The lowest BCUT2D eigenvalue weighted by Crippen LogP contribution is -2.13. The summed E-state index contributed by atoms with van der Waals surface area (Å²) in [4.78, 5) is 12.0. The summed E-state index contributed by atoms with van der Waals surface area (Å²) in [6.07, 6.45) is 1.08. The first-order valence-corrected chi connectivity index (χ1v) is 6.76. The predicted octanol–water partition coefficient (Wildman–Crippen LogP) is 3.48. The van der Waals surface area contributed by atoms with Gasteiger partial charge in [0.1, 0.15) is 5.76 Å². The van der Waals surface area contributed by atoms with Crippen LogP contribution in [0.2, 0.25) is 0 Å². The van der Waals surface area contributed by atoms with Gasteiger partial charge in [-0.2, -0.15) is 0 Å². The zero-order valence-corrected chi connectivity index (χ0v) is 12.4. The van der Waals surface area contributed by atoms with Crippen LogP contribution in [-0.4, -0.2) is 11.1 Å². The van der Waals surface area contributed by atoms with Crippen LogP contribution in [0.5, 0.6) is 0 Å². The van der Waals surface area contributed by atoms with E-state index >= 15 is 0 Å². The molecule has 0 saturated heterocycles. The Balaban J connectivity index is 1.98. The second-order valence-electron chi connectivity index (χ2n) is 5.17. The fraction of sp³-hybridized carbons (Fsp3) is 0.375. The van der Waals surface area contributed by atoms with E-state index in [1.807, 2.05) is 45.9 Å². The highest BCUT2D eigenvalue weighted by atomic mass is 16.5. The third kappa shape index (κ3) is 3.26. The molecule has 0 aliphatic heterocycles. The second kappa shape index (κ2) is 5.90. The Morgan fingerprint density at radius 1 is 1.25 bits per heavy atom. The van der Waals surface area contributed by atoms with Crippen molar-refractivity contribution in [3.05, 3.63) is 46.3 Å². The molecule has 1 heterocycles. The maximum absolute atomic E-state index is 12.0. The third-order valence-electron chi connectivity index (χ3n) is 3.45. The number of rotatable bonds is 4. The second-order valence-corrected chi connectivity index (χ2v) is 5.17. The largest absolute Gasteiger partial charge is 0.361 e. The maximum Gasteiger partial charge on any atom is 0.224 e. The van der Waals surface area contributed by atoms with Crippen molar-refractivity contribution in [2.45, 2.75) is 40.5 Å². The first-order valence-electron chi connectivity index (χ1n) is 6.76. The third-order valence-corrected chi connectivity index (χ3v) is 3.45. The summed E-state index contributed by atoms with van der Waals surface area (Å²) in [5.41, 5.74) is 4.98. The van der Waals surface area contributed by atoms with Crippen molar-refractivity contribution in [3.63, 3.8) is 0 Å². The molecular weight excluding hydrogens is 252 g/mol. The molecule has 20 heavy (non-hydrogen) atoms. The Morgan fingerprint density at radius 3 is 2.65 bits per heavy atom. The minimum Gasteiger partial charge on any atom is -0.361 e. The maximum atomic E-state index is 12.0. The van der Waals surface area contributed by atoms with E-state index in [4.69, 9.17) is 4.52 Å². The van der Waals surface area contributed by atoms with Crippen LogP contribution in [0.1, 0.15) is 34.6 Å². The van der Waals surface area contributed by atoms with E-state index in [-0.39, 0.29) is 5.91 Å². The van der Waals surface area contributed by atoms with Crippen LogP contribution in [-0.2, 0) is 11.2 Å². The number of amides is 1. The molecule has 0 bridgehead atoms. The van der Waals surface area contributed by atoms with Gasteiger partial charge in [-0.1, -0.05) is 17.3 Å². The number of hydrogen-bond donors (Lipinski definition) is 1. The molecule has 2 rings (SSSR count). The zero-order valence-electron chi connectivity index (χ0n) is 12.4. The number of anilines is 1. The van der Waals surface area contributed by atoms with Crippen LogP contribution in [0.25, 0.3) is 0 Å². The van der Waals surface area contributed by atoms with Crippen molar-refractivity contribution < 1.29 is 9.32 Å². The number of aromatic nitrogens is 1. The first kappa shape index (κ1) is 14.3. The Kier molecular flexibility index (Phi) is 4.23. The Bertz CT molecular complexity index is 610. The van der Waals surface area contributed by atoms with Crippen LogP contribution < -0.4 is 5.32 Å². The van der Waals surface area contributed by atoms with Crippen molar-refractivity contribution in [2.75, 3.05) is 5.32 Å². The fourth-order valence-electron chi connectivity index (χ4n) is 2.18. The van der Waals surface area contributed by atoms with Gasteiger partial charge in [-0.15, -0.1) is 0 Å². The van der Waals surface area contributed by atoms with E-state index in [0.717, 1.165) is 33.8 Å². The molecule has 0 spiro atoms. The van der Waals surface area contributed by atoms with Gasteiger partial charge in [-0.25, -0.2) is 0 Å². The lowest BCUT2D eigenvalue weighted by Gasteiger charge is -2.09. The number of hydrogen-bond acceptors (Lipinski definition) is 3. The van der Waals surface area contributed by atoms with Crippen molar-refractivity contribution in [1.29, 1.82) is 0 Å². The molecule has 106 valence electrons. The molecule has 0 aliphatic rings. The van der Waals surface area contributed by atoms with Gasteiger partial charge in [-0.3, -0.25) is 4.79 Å². The van der Waals surface area contributed by atoms with Crippen molar-refractivity contribution in [3.8, 4) is 0 Å². The van der Waals surface area contributed by atoms with E-state index in [1.165, 1.54) is 0 Å². The molecule has 1 amide bonds. The first-order chi connectivity index (χ1) is 9.47. The summed E-state index contributed by atoms with van der Waals surface area (Å²) in [5, 5.41) is 6.86. The zero-order chi connectivity index (χ0) is 14.7. The average molecular weight is 272 g/mol. The highest BCUT2D eigenvalue weighted by Crippen LogP contribution is 2.18. The molecule has 1 aromatic heterocycles. The van der Waals surface area contributed by atoms with Gasteiger partial charge in [0, 0.05) is 17.7 Å². The highest BCUT2D eigenvalue weighted by molar-refractivity contribution is 5.91. The van der Waals surface area contributed by atoms with Crippen LogP contribution >= 0.6 is 0 Å². The molecule has 0 unspecified atom stereocenters. The van der Waals surface area contributed by atoms with Gasteiger partial charge < -0.3 is 9.84 Å². The number of carbonyl (C=O) groups is 1. The van der Waals surface area contributed by atoms with Crippen LogP contribution in [0.15, 0.2) is 22.7 Å². The Morgan fingerprint density at radius 2 is 2.00 bits per heavy atom. The summed E-state index contributed by atoms with van der Waals surface area (Å²) in [6.45, 7) is 7.77. The Hall–Kier alpha value is -2.10. The van der Waals surface area contributed by atoms with E-state index in [0.29, 0.717) is 12.8 Å². The molecule has 1 aromatic carbocycles. The van der Waals surface area contributed by atoms with Crippen molar-refractivity contribution >= 4 is 11.6 Å². The van der Waals surface area contributed by atoms with Gasteiger partial charge in [0.15, 0.2) is 0 Å². The van der Waals surface area contributed by atoms with Crippen molar-refractivity contribution in [2.24, 2.45) is 0 Å². The number of nitrogens with one attached hydrogen (secondary N) is 1. The summed E-state index contributed by atoms with van der Waals surface area (Å²) in [7, 11) is 0. The lowest BCUT2D eigenvalue weighted by atomic mass is 10.1. The van der Waals surface area contributed by atoms with Crippen LogP contribution in [0.4, 0.5) is 5.69 Å². The molecule has 4 nitrogen and oxygen atoms in total. The molecule has 1 N–H and O–H groups in total. The Labute approximate surface area is 119 Å². The highest BCUT2D eigenvalue weighted by Gasteiger charge is 2.11. The normalized spacial score (nSPS) is 10.6. The molecule has 0 saturated carbocycles. The van der Waals surface area contributed by atoms with E-state index in [2.05, 4.69) is 10.5 Å². The number of carbonyl (C=O) groups excluding carboxylic acids is 1. The number of aryl methyl sites for hydroxylation is 4. The van der Waals surface area contributed by atoms with Crippen LogP contribution in [0.3, 0.4) is 0 Å². The fourth-order valence-corrected chi connectivity index (χ4v) is 2.18.